The normalized spacial score (nSPS) is 12.6. The largest absolute Gasteiger partial charge is 0.457 e. The summed E-state index contributed by atoms with van der Waals surface area (Å²) in [5.74, 6) is 0.208. The lowest BCUT2D eigenvalue weighted by molar-refractivity contribution is -0.118. The van der Waals surface area contributed by atoms with Crippen molar-refractivity contribution in [1.82, 2.24) is 0 Å². The molecule has 0 radical (unpaired) electrons. The number of hydrogen-bond acceptors (Lipinski definition) is 4. The van der Waals surface area contributed by atoms with E-state index in [0.717, 1.165) is 6.26 Å². The molecule has 2 aromatic carbocycles. The third kappa shape index (κ3) is 4.70. The second-order valence-electron chi connectivity index (χ2n) is 5.24. The van der Waals surface area contributed by atoms with E-state index in [2.05, 4.69) is 0 Å². The minimum absolute atomic E-state index is 0.178. The van der Waals surface area contributed by atoms with Gasteiger partial charge in [-0.05, 0) is 36.8 Å². The predicted octanol–water partition coefficient (Wildman–Crippen LogP) is 3.20. The Balaban J connectivity index is 2.27. The van der Waals surface area contributed by atoms with E-state index in [-0.39, 0.29) is 11.5 Å². The average Bonchev–Trinajstić information content (AvgIpc) is 2.45. The van der Waals surface area contributed by atoms with Crippen LogP contribution in [0.25, 0.3) is 0 Å². The fourth-order valence-corrected chi connectivity index (χ4v) is 3.20. The van der Waals surface area contributed by atoms with Crippen LogP contribution < -0.4 is 4.74 Å². The standard InChI is InChI=1S/C17H18O4S/c1-13(18)17(12-22(2,19)20)14-7-6-10-16(11-14)21-15-8-4-3-5-9-15/h3-11,17H,12H2,1-2H3/t17-/m1/s1. The van der Waals surface area contributed by atoms with Crippen LogP contribution >= 0.6 is 0 Å². The summed E-state index contributed by atoms with van der Waals surface area (Å²) in [6, 6.07) is 16.3. The molecule has 0 heterocycles. The Labute approximate surface area is 130 Å². The van der Waals surface area contributed by atoms with Gasteiger partial charge < -0.3 is 4.74 Å². The van der Waals surface area contributed by atoms with Crippen LogP contribution in [0.1, 0.15) is 18.4 Å². The van der Waals surface area contributed by atoms with Gasteiger partial charge in [-0.3, -0.25) is 4.79 Å². The van der Waals surface area contributed by atoms with Gasteiger partial charge in [0, 0.05) is 6.26 Å². The van der Waals surface area contributed by atoms with Crippen molar-refractivity contribution in [1.29, 1.82) is 0 Å². The zero-order chi connectivity index (χ0) is 16.2. The number of sulfone groups is 1. The first kappa shape index (κ1) is 16.2. The summed E-state index contributed by atoms with van der Waals surface area (Å²) in [4.78, 5) is 11.8. The Bertz CT molecular complexity index is 751. The Morgan fingerprint density at radius 3 is 2.27 bits per heavy atom. The maximum atomic E-state index is 11.8. The van der Waals surface area contributed by atoms with Gasteiger partial charge >= 0.3 is 0 Å². The summed E-state index contributed by atoms with van der Waals surface area (Å²) >= 11 is 0. The molecule has 0 aromatic heterocycles. The fourth-order valence-electron chi connectivity index (χ4n) is 2.17. The molecule has 4 nitrogen and oxygen atoms in total. The second kappa shape index (κ2) is 6.75. The molecule has 0 spiro atoms. The van der Waals surface area contributed by atoms with Crippen LogP contribution in [-0.2, 0) is 14.6 Å². The smallest absolute Gasteiger partial charge is 0.148 e. The minimum atomic E-state index is -3.25. The third-order valence-corrected chi connectivity index (χ3v) is 4.14. The van der Waals surface area contributed by atoms with Crippen LogP contribution in [0.4, 0.5) is 0 Å². The lowest BCUT2D eigenvalue weighted by Crippen LogP contribution is -2.19. The molecule has 1 atom stereocenters. The highest BCUT2D eigenvalue weighted by Crippen LogP contribution is 2.26. The van der Waals surface area contributed by atoms with Gasteiger partial charge in [-0.2, -0.15) is 0 Å². The number of ketones is 1. The third-order valence-electron chi connectivity index (χ3n) is 3.20. The number of carbonyl (C=O) groups excluding carboxylic acids is 1. The van der Waals surface area contributed by atoms with Gasteiger partial charge in [-0.25, -0.2) is 8.42 Å². The van der Waals surface area contributed by atoms with Gasteiger partial charge in [0.05, 0.1) is 11.7 Å². The minimum Gasteiger partial charge on any atom is -0.457 e. The van der Waals surface area contributed by atoms with E-state index < -0.39 is 15.8 Å². The highest BCUT2D eigenvalue weighted by molar-refractivity contribution is 7.90. The SMILES string of the molecule is CC(=O)[C@@H](CS(C)(=O)=O)c1cccc(Oc2ccccc2)c1. The lowest BCUT2D eigenvalue weighted by atomic mass is 9.97. The Morgan fingerprint density at radius 2 is 1.68 bits per heavy atom. The summed E-state index contributed by atoms with van der Waals surface area (Å²) in [6.07, 6.45) is 1.13. The molecule has 0 unspecified atom stereocenters. The highest BCUT2D eigenvalue weighted by Gasteiger charge is 2.22. The van der Waals surface area contributed by atoms with Crippen LogP contribution in [0.15, 0.2) is 54.6 Å². The van der Waals surface area contributed by atoms with E-state index in [0.29, 0.717) is 17.1 Å². The van der Waals surface area contributed by atoms with Gasteiger partial charge in [0.1, 0.15) is 27.1 Å². The fraction of sp³-hybridized carbons (Fsp3) is 0.235. The Kier molecular flexibility index (Phi) is 4.98. The van der Waals surface area contributed by atoms with Crippen LogP contribution in [0, 0.1) is 0 Å². The first-order chi connectivity index (χ1) is 10.3. The van der Waals surface area contributed by atoms with Crippen LogP contribution in [0.3, 0.4) is 0 Å². The van der Waals surface area contributed by atoms with Crippen molar-refractivity contribution in [3.63, 3.8) is 0 Å². The van der Waals surface area contributed by atoms with Gasteiger partial charge in [-0.15, -0.1) is 0 Å². The van der Waals surface area contributed by atoms with Gasteiger partial charge in [0.25, 0.3) is 0 Å². The van der Waals surface area contributed by atoms with Crippen LogP contribution in [0.5, 0.6) is 11.5 Å². The molecule has 0 bridgehead atoms. The van der Waals surface area contributed by atoms with Crippen molar-refractivity contribution in [2.75, 3.05) is 12.0 Å². The molecule has 5 heteroatoms. The maximum absolute atomic E-state index is 11.8. The summed E-state index contributed by atoms with van der Waals surface area (Å²) in [5, 5.41) is 0. The lowest BCUT2D eigenvalue weighted by Gasteiger charge is -2.14. The molecule has 0 aliphatic rings. The van der Waals surface area contributed by atoms with E-state index in [1.807, 2.05) is 30.3 Å². The summed E-state index contributed by atoms with van der Waals surface area (Å²) in [6.45, 7) is 1.40. The molecule has 0 aliphatic heterocycles. The van der Waals surface area contributed by atoms with Crippen molar-refractivity contribution in [3.8, 4) is 11.5 Å². The van der Waals surface area contributed by atoms with E-state index in [4.69, 9.17) is 4.74 Å². The molecule has 2 rings (SSSR count). The molecule has 0 saturated carbocycles. The number of hydrogen-bond donors (Lipinski definition) is 0. The first-order valence-corrected chi connectivity index (χ1v) is 8.92. The van der Waals surface area contributed by atoms with Gasteiger partial charge in [-0.1, -0.05) is 30.3 Å². The van der Waals surface area contributed by atoms with E-state index in [9.17, 15) is 13.2 Å². The zero-order valence-electron chi connectivity index (χ0n) is 12.5. The summed E-state index contributed by atoms with van der Waals surface area (Å²) in [5.41, 5.74) is 0.645. The number of benzene rings is 2. The van der Waals surface area contributed by atoms with Crippen molar-refractivity contribution in [3.05, 3.63) is 60.2 Å². The van der Waals surface area contributed by atoms with E-state index >= 15 is 0 Å². The number of Topliss-reactive ketones (excluding diaryl/α,β-unsaturated/α-hetero) is 1. The Morgan fingerprint density at radius 1 is 1.05 bits per heavy atom. The molecule has 0 amide bonds. The quantitative estimate of drug-likeness (QED) is 0.820. The van der Waals surface area contributed by atoms with Crippen molar-refractivity contribution in [2.24, 2.45) is 0 Å². The van der Waals surface area contributed by atoms with Crippen molar-refractivity contribution < 1.29 is 17.9 Å². The number of ether oxygens (including phenoxy) is 1. The van der Waals surface area contributed by atoms with E-state index in [1.165, 1.54) is 6.92 Å². The van der Waals surface area contributed by atoms with Crippen molar-refractivity contribution in [2.45, 2.75) is 12.8 Å². The predicted molar refractivity (Wildman–Crippen MR) is 86.1 cm³/mol. The van der Waals surface area contributed by atoms with Crippen LogP contribution in [-0.4, -0.2) is 26.2 Å². The summed E-state index contributed by atoms with van der Waals surface area (Å²) in [7, 11) is -3.25. The van der Waals surface area contributed by atoms with Gasteiger partial charge in [0.15, 0.2) is 0 Å². The molecule has 2 aromatic rings. The number of para-hydroxylation sites is 1. The molecular formula is C17H18O4S. The van der Waals surface area contributed by atoms with Crippen LogP contribution in [0.2, 0.25) is 0 Å². The van der Waals surface area contributed by atoms with E-state index in [1.54, 1.807) is 24.3 Å². The monoisotopic (exact) mass is 318 g/mol. The molecule has 22 heavy (non-hydrogen) atoms. The number of carbonyl (C=O) groups is 1. The molecule has 0 aliphatic carbocycles. The van der Waals surface area contributed by atoms with Crippen molar-refractivity contribution >= 4 is 15.6 Å². The molecule has 0 saturated heterocycles. The first-order valence-electron chi connectivity index (χ1n) is 6.86. The molecule has 0 N–H and O–H groups in total. The molecule has 0 fully saturated rings. The van der Waals surface area contributed by atoms with Gasteiger partial charge in [0.2, 0.25) is 0 Å². The molecular weight excluding hydrogens is 300 g/mol. The zero-order valence-corrected chi connectivity index (χ0v) is 13.3. The topological polar surface area (TPSA) is 60.4 Å². The average molecular weight is 318 g/mol. The number of rotatable bonds is 6. The summed E-state index contributed by atoms with van der Waals surface area (Å²) < 4.78 is 28.7. The second-order valence-corrected chi connectivity index (χ2v) is 7.43. The maximum Gasteiger partial charge on any atom is 0.148 e. The highest BCUT2D eigenvalue weighted by atomic mass is 32.2. The Hall–Kier alpha value is -2.14. The molecule has 116 valence electrons.